The summed E-state index contributed by atoms with van der Waals surface area (Å²) in [6.45, 7) is 1.22. The lowest BCUT2D eigenvalue weighted by atomic mass is 10.2. The highest BCUT2D eigenvalue weighted by molar-refractivity contribution is 6.35. The van der Waals surface area contributed by atoms with E-state index < -0.39 is 11.8 Å². The zero-order valence-electron chi connectivity index (χ0n) is 12.4. The molecule has 3 rings (SSSR count). The molecule has 0 spiro atoms. The summed E-state index contributed by atoms with van der Waals surface area (Å²) >= 11 is 0. The van der Waals surface area contributed by atoms with Gasteiger partial charge in [-0.25, -0.2) is 5.43 Å². The van der Waals surface area contributed by atoms with Crippen LogP contribution in [-0.4, -0.2) is 44.1 Å². The Morgan fingerprint density at radius 1 is 1.26 bits per heavy atom. The van der Waals surface area contributed by atoms with Crippen molar-refractivity contribution in [1.82, 2.24) is 10.7 Å². The summed E-state index contributed by atoms with van der Waals surface area (Å²) in [5.41, 5.74) is 2.90. The molecule has 1 saturated heterocycles. The molecular weight excluding hydrogens is 302 g/mol. The van der Waals surface area contributed by atoms with Gasteiger partial charge in [0.15, 0.2) is 11.5 Å². The van der Waals surface area contributed by atoms with Crippen LogP contribution >= 0.6 is 0 Å². The van der Waals surface area contributed by atoms with Gasteiger partial charge in [0, 0.05) is 13.2 Å². The lowest BCUT2D eigenvalue weighted by Gasteiger charge is -2.09. The summed E-state index contributed by atoms with van der Waals surface area (Å²) < 4.78 is 15.8. The number of nitrogens with zero attached hydrogens (tertiary/aromatic N) is 1. The van der Waals surface area contributed by atoms with Gasteiger partial charge >= 0.3 is 11.8 Å². The molecule has 0 unspecified atom stereocenters. The van der Waals surface area contributed by atoms with Gasteiger partial charge in [-0.2, -0.15) is 5.10 Å². The van der Waals surface area contributed by atoms with Gasteiger partial charge in [0.1, 0.15) is 0 Å². The monoisotopic (exact) mass is 319 g/mol. The number of carbonyl (C=O) groups excluding carboxylic acids is 2. The van der Waals surface area contributed by atoms with Gasteiger partial charge in [0.25, 0.3) is 0 Å². The summed E-state index contributed by atoms with van der Waals surface area (Å²) in [4.78, 5) is 23.2. The molecule has 0 aromatic heterocycles. The van der Waals surface area contributed by atoms with Crippen LogP contribution in [0.1, 0.15) is 18.4 Å². The second kappa shape index (κ2) is 7.10. The van der Waals surface area contributed by atoms with Gasteiger partial charge in [-0.15, -0.1) is 0 Å². The van der Waals surface area contributed by atoms with E-state index in [1.807, 2.05) is 0 Å². The molecule has 8 heteroatoms. The first-order chi connectivity index (χ1) is 11.2. The Morgan fingerprint density at radius 2 is 2.13 bits per heavy atom. The number of ether oxygens (including phenoxy) is 3. The van der Waals surface area contributed by atoms with E-state index in [0.717, 1.165) is 12.8 Å². The zero-order valence-corrected chi connectivity index (χ0v) is 12.4. The molecule has 23 heavy (non-hydrogen) atoms. The van der Waals surface area contributed by atoms with Crippen LogP contribution in [0.25, 0.3) is 0 Å². The normalized spacial score (nSPS) is 19.0. The Labute approximate surface area is 132 Å². The third kappa shape index (κ3) is 3.98. The number of hydrogen-bond acceptors (Lipinski definition) is 6. The van der Waals surface area contributed by atoms with Crippen molar-refractivity contribution in [2.24, 2.45) is 5.10 Å². The molecular formula is C15H17N3O5. The van der Waals surface area contributed by atoms with Crippen LogP contribution in [0, 0.1) is 0 Å². The maximum atomic E-state index is 11.6. The molecule has 0 radical (unpaired) electrons. The highest BCUT2D eigenvalue weighted by Gasteiger charge is 2.19. The van der Waals surface area contributed by atoms with Crippen molar-refractivity contribution >= 4 is 18.0 Å². The average Bonchev–Trinajstić information content (AvgIpc) is 3.23. The van der Waals surface area contributed by atoms with E-state index in [4.69, 9.17) is 14.2 Å². The predicted molar refractivity (Wildman–Crippen MR) is 80.3 cm³/mol. The van der Waals surface area contributed by atoms with E-state index in [0.29, 0.717) is 30.2 Å². The topological polar surface area (TPSA) is 98.2 Å². The van der Waals surface area contributed by atoms with Crippen molar-refractivity contribution in [1.29, 1.82) is 0 Å². The number of nitrogens with one attached hydrogen (secondary N) is 2. The van der Waals surface area contributed by atoms with E-state index in [2.05, 4.69) is 15.8 Å². The first kappa shape index (κ1) is 15.3. The van der Waals surface area contributed by atoms with Gasteiger partial charge in [0.2, 0.25) is 6.79 Å². The van der Waals surface area contributed by atoms with Crippen LogP contribution in [-0.2, 0) is 14.3 Å². The van der Waals surface area contributed by atoms with E-state index >= 15 is 0 Å². The molecule has 1 fully saturated rings. The average molecular weight is 319 g/mol. The number of benzene rings is 1. The summed E-state index contributed by atoms with van der Waals surface area (Å²) in [6, 6.07) is 5.25. The fraction of sp³-hybridized carbons (Fsp3) is 0.400. The molecule has 0 aliphatic carbocycles. The Balaban J connectivity index is 1.45. The maximum absolute atomic E-state index is 11.6. The Kier molecular flexibility index (Phi) is 4.72. The molecule has 0 saturated carbocycles. The van der Waals surface area contributed by atoms with Crippen molar-refractivity contribution in [2.75, 3.05) is 19.9 Å². The molecule has 1 atom stereocenters. The number of carbonyl (C=O) groups is 2. The maximum Gasteiger partial charge on any atom is 0.329 e. The second-order valence-electron chi connectivity index (χ2n) is 5.16. The van der Waals surface area contributed by atoms with Crippen LogP contribution in [0.2, 0.25) is 0 Å². The number of amides is 2. The number of fused-ring (bicyclic) bond motifs is 1. The highest BCUT2D eigenvalue weighted by atomic mass is 16.7. The Morgan fingerprint density at radius 3 is 2.96 bits per heavy atom. The molecule has 2 aliphatic rings. The molecule has 0 bridgehead atoms. The van der Waals surface area contributed by atoms with Crippen molar-refractivity contribution in [3.05, 3.63) is 23.8 Å². The van der Waals surface area contributed by atoms with E-state index in [1.165, 1.54) is 6.21 Å². The minimum absolute atomic E-state index is 0.0103. The Bertz CT molecular complexity index is 626. The molecule has 2 heterocycles. The van der Waals surface area contributed by atoms with E-state index in [-0.39, 0.29) is 12.9 Å². The molecule has 122 valence electrons. The first-order valence-corrected chi connectivity index (χ1v) is 7.35. The molecule has 2 aliphatic heterocycles. The van der Waals surface area contributed by atoms with Crippen molar-refractivity contribution in [3.63, 3.8) is 0 Å². The summed E-state index contributed by atoms with van der Waals surface area (Å²) in [5.74, 6) is -0.266. The minimum Gasteiger partial charge on any atom is -0.454 e. The molecule has 1 aromatic carbocycles. The SMILES string of the molecule is O=C(NC[C@@H]1CCCO1)C(=O)N/N=C\c1ccc2c(c1)OCO2. The number of hydrazone groups is 1. The lowest BCUT2D eigenvalue weighted by Crippen LogP contribution is -2.41. The second-order valence-corrected chi connectivity index (χ2v) is 5.16. The fourth-order valence-electron chi connectivity index (χ4n) is 2.30. The summed E-state index contributed by atoms with van der Waals surface area (Å²) in [7, 11) is 0. The van der Waals surface area contributed by atoms with Crippen molar-refractivity contribution < 1.29 is 23.8 Å². The summed E-state index contributed by atoms with van der Waals surface area (Å²) in [5, 5.41) is 6.28. The molecule has 1 aromatic rings. The van der Waals surface area contributed by atoms with Crippen LogP contribution < -0.4 is 20.2 Å². The minimum atomic E-state index is -0.819. The van der Waals surface area contributed by atoms with Gasteiger partial charge in [-0.3, -0.25) is 9.59 Å². The zero-order chi connectivity index (χ0) is 16.1. The van der Waals surface area contributed by atoms with E-state index in [1.54, 1.807) is 18.2 Å². The smallest absolute Gasteiger partial charge is 0.329 e. The van der Waals surface area contributed by atoms with E-state index in [9.17, 15) is 9.59 Å². The van der Waals surface area contributed by atoms with Gasteiger partial charge in [-0.1, -0.05) is 0 Å². The number of rotatable bonds is 4. The van der Waals surface area contributed by atoms with Crippen molar-refractivity contribution in [2.45, 2.75) is 18.9 Å². The molecule has 2 N–H and O–H groups in total. The summed E-state index contributed by atoms with van der Waals surface area (Å²) in [6.07, 6.45) is 3.29. The standard InChI is InChI=1S/C15H17N3O5/c19-14(16-8-11-2-1-5-21-11)15(20)18-17-7-10-3-4-12-13(6-10)23-9-22-12/h3-4,6-7,11H,1-2,5,8-9H2,(H,16,19)(H,18,20)/b17-7-/t11-/m0/s1. The van der Waals surface area contributed by atoms with Crippen LogP contribution in [0.15, 0.2) is 23.3 Å². The van der Waals surface area contributed by atoms with Crippen LogP contribution in [0.4, 0.5) is 0 Å². The van der Waals surface area contributed by atoms with Gasteiger partial charge in [0.05, 0.1) is 12.3 Å². The first-order valence-electron chi connectivity index (χ1n) is 7.35. The predicted octanol–water partition coefficient (Wildman–Crippen LogP) is 0.161. The molecule has 2 amide bonds. The third-order valence-corrected chi connectivity index (χ3v) is 3.50. The largest absolute Gasteiger partial charge is 0.454 e. The quantitative estimate of drug-likeness (QED) is 0.468. The number of hydrogen-bond donors (Lipinski definition) is 2. The fourth-order valence-corrected chi connectivity index (χ4v) is 2.30. The highest BCUT2D eigenvalue weighted by Crippen LogP contribution is 2.31. The van der Waals surface area contributed by atoms with Crippen LogP contribution in [0.3, 0.4) is 0 Å². The lowest BCUT2D eigenvalue weighted by molar-refractivity contribution is -0.139. The Hall–Kier alpha value is -2.61. The van der Waals surface area contributed by atoms with Gasteiger partial charge < -0.3 is 19.5 Å². The van der Waals surface area contributed by atoms with Crippen molar-refractivity contribution in [3.8, 4) is 11.5 Å². The molecule has 8 nitrogen and oxygen atoms in total. The van der Waals surface area contributed by atoms with Crippen LogP contribution in [0.5, 0.6) is 11.5 Å². The third-order valence-electron chi connectivity index (χ3n) is 3.50. The van der Waals surface area contributed by atoms with Gasteiger partial charge in [-0.05, 0) is 36.6 Å².